The van der Waals surface area contributed by atoms with E-state index in [1.54, 1.807) is 12.1 Å². The zero-order chi connectivity index (χ0) is 20.6. The van der Waals surface area contributed by atoms with Gasteiger partial charge in [0.1, 0.15) is 0 Å². The molecule has 0 radical (unpaired) electrons. The quantitative estimate of drug-likeness (QED) is 0.397. The molecule has 0 saturated heterocycles. The van der Waals surface area contributed by atoms with Gasteiger partial charge in [-0.1, -0.05) is 44.4 Å². The Bertz CT molecular complexity index is 653. The van der Waals surface area contributed by atoms with Crippen molar-refractivity contribution in [1.82, 2.24) is 0 Å². The summed E-state index contributed by atoms with van der Waals surface area (Å²) in [5.41, 5.74) is 0.543. The highest BCUT2D eigenvalue weighted by Crippen LogP contribution is 2.45. The molecule has 0 unspecified atom stereocenters. The molecule has 0 bridgehead atoms. The van der Waals surface area contributed by atoms with E-state index in [9.17, 15) is 8.78 Å². The van der Waals surface area contributed by atoms with Gasteiger partial charge in [-0.25, -0.2) is 4.39 Å². The van der Waals surface area contributed by atoms with E-state index in [1.807, 2.05) is 0 Å². The number of halogens is 2. The maximum atomic E-state index is 14.4. The van der Waals surface area contributed by atoms with E-state index >= 15 is 0 Å². The molecule has 162 valence electrons. The SMILES string of the molecule is CCCC=CCCC1CCC(C2CCC(c3ccc(OC)c(F)c3F)CC2)CC1. The molecule has 1 aromatic rings. The van der Waals surface area contributed by atoms with E-state index in [0.717, 1.165) is 43.4 Å². The third-order valence-corrected chi connectivity index (χ3v) is 7.43. The molecule has 2 aliphatic carbocycles. The first-order valence-electron chi connectivity index (χ1n) is 11.8. The van der Waals surface area contributed by atoms with E-state index in [1.165, 1.54) is 58.5 Å². The van der Waals surface area contributed by atoms with Crippen LogP contribution in [0.3, 0.4) is 0 Å². The van der Waals surface area contributed by atoms with Crippen molar-refractivity contribution < 1.29 is 13.5 Å². The molecule has 0 atom stereocenters. The van der Waals surface area contributed by atoms with Gasteiger partial charge >= 0.3 is 0 Å². The number of benzene rings is 1. The highest BCUT2D eigenvalue weighted by molar-refractivity contribution is 5.33. The molecule has 1 nitrogen and oxygen atoms in total. The molecule has 0 amide bonds. The Balaban J connectivity index is 1.43. The molecule has 3 heteroatoms. The van der Waals surface area contributed by atoms with Crippen LogP contribution in [-0.2, 0) is 0 Å². The summed E-state index contributed by atoms with van der Waals surface area (Å²) in [5.74, 6) is 1.14. The normalized spacial score (nSPS) is 28.0. The van der Waals surface area contributed by atoms with Gasteiger partial charge in [-0.3, -0.25) is 0 Å². The Hall–Kier alpha value is -1.38. The van der Waals surface area contributed by atoms with Crippen molar-refractivity contribution in [2.75, 3.05) is 7.11 Å². The summed E-state index contributed by atoms with van der Waals surface area (Å²) in [6.07, 6.45) is 19.5. The van der Waals surface area contributed by atoms with E-state index < -0.39 is 11.6 Å². The van der Waals surface area contributed by atoms with Gasteiger partial charge in [0.2, 0.25) is 5.82 Å². The highest BCUT2D eigenvalue weighted by Gasteiger charge is 2.32. The van der Waals surface area contributed by atoms with Crippen LogP contribution in [0.15, 0.2) is 24.3 Å². The number of hydrogen-bond donors (Lipinski definition) is 0. The Kier molecular flexibility index (Phi) is 8.56. The average molecular weight is 405 g/mol. The topological polar surface area (TPSA) is 9.23 Å². The van der Waals surface area contributed by atoms with Gasteiger partial charge in [0.25, 0.3) is 0 Å². The minimum Gasteiger partial charge on any atom is -0.494 e. The van der Waals surface area contributed by atoms with Crippen LogP contribution in [0.5, 0.6) is 5.75 Å². The monoisotopic (exact) mass is 404 g/mol. The van der Waals surface area contributed by atoms with Crippen molar-refractivity contribution in [2.45, 2.75) is 89.9 Å². The molecule has 2 fully saturated rings. The first-order chi connectivity index (χ1) is 14.1. The third-order valence-electron chi connectivity index (χ3n) is 7.43. The maximum Gasteiger partial charge on any atom is 0.200 e. The van der Waals surface area contributed by atoms with Crippen LogP contribution in [0.2, 0.25) is 0 Å². The van der Waals surface area contributed by atoms with Crippen LogP contribution in [-0.4, -0.2) is 7.11 Å². The second kappa shape index (κ2) is 11.1. The Labute approximate surface area is 175 Å². The first-order valence-corrected chi connectivity index (χ1v) is 11.8. The van der Waals surface area contributed by atoms with Crippen LogP contribution in [0.25, 0.3) is 0 Å². The van der Waals surface area contributed by atoms with Gasteiger partial charge in [0, 0.05) is 0 Å². The van der Waals surface area contributed by atoms with E-state index in [-0.39, 0.29) is 11.7 Å². The molecule has 0 aliphatic heterocycles. The molecule has 2 saturated carbocycles. The summed E-state index contributed by atoms with van der Waals surface area (Å²) in [6.45, 7) is 2.23. The lowest BCUT2D eigenvalue weighted by Gasteiger charge is -2.38. The molecule has 2 aliphatic rings. The fraction of sp³-hybridized carbons (Fsp3) is 0.692. The largest absolute Gasteiger partial charge is 0.494 e. The number of methoxy groups -OCH3 is 1. The Morgan fingerprint density at radius 1 is 0.862 bits per heavy atom. The number of rotatable bonds is 8. The van der Waals surface area contributed by atoms with Crippen LogP contribution >= 0.6 is 0 Å². The van der Waals surface area contributed by atoms with Crippen molar-refractivity contribution >= 4 is 0 Å². The summed E-state index contributed by atoms with van der Waals surface area (Å²) in [4.78, 5) is 0. The predicted molar refractivity (Wildman–Crippen MR) is 116 cm³/mol. The lowest BCUT2D eigenvalue weighted by Crippen LogP contribution is -2.25. The zero-order valence-corrected chi connectivity index (χ0v) is 18.3. The summed E-state index contributed by atoms with van der Waals surface area (Å²) in [7, 11) is 1.38. The predicted octanol–water partition coefficient (Wildman–Crippen LogP) is 8.19. The van der Waals surface area contributed by atoms with Crippen molar-refractivity contribution in [3.8, 4) is 5.75 Å². The van der Waals surface area contributed by atoms with Gasteiger partial charge in [-0.2, -0.15) is 4.39 Å². The Morgan fingerprint density at radius 2 is 1.48 bits per heavy atom. The number of ether oxygens (including phenoxy) is 1. The molecule has 0 heterocycles. The molecular weight excluding hydrogens is 366 g/mol. The van der Waals surface area contributed by atoms with Crippen molar-refractivity contribution in [3.63, 3.8) is 0 Å². The average Bonchev–Trinajstić information content (AvgIpc) is 2.76. The van der Waals surface area contributed by atoms with Crippen LogP contribution < -0.4 is 4.74 Å². The molecule has 1 aromatic carbocycles. The summed E-state index contributed by atoms with van der Waals surface area (Å²) in [5, 5.41) is 0. The van der Waals surface area contributed by atoms with Gasteiger partial charge in [-0.05, 0) is 93.1 Å². The Morgan fingerprint density at radius 3 is 2.10 bits per heavy atom. The maximum absolute atomic E-state index is 14.4. The summed E-state index contributed by atoms with van der Waals surface area (Å²) in [6, 6.07) is 3.29. The van der Waals surface area contributed by atoms with Crippen molar-refractivity contribution in [1.29, 1.82) is 0 Å². The molecular formula is C26H38F2O. The first kappa shape index (κ1) is 22.3. The number of hydrogen-bond acceptors (Lipinski definition) is 1. The zero-order valence-electron chi connectivity index (χ0n) is 18.3. The fourth-order valence-corrected chi connectivity index (χ4v) is 5.60. The fourth-order valence-electron chi connectivity index (χ4n) is 5.60. The lowest BCUT2D eigenvalue weighted by atomic mass is 9.68. The van der Waals surface area contributed by atoms with E-state index in [2.05, 4.69) is 19.1 Å². The van der Waals surface area contributed by atoms with Crippen molar-refractivity contribution in [3.05, 3.63) is 41.5 Å². The smallest absolute Gasteiger partial charge is 0.200 e. The minimum atomic E-state index is -0.838. The van der Waals surface area contributed by atoms with Crippen LogP contribution in [0.1, 0.15) is 95.5 Å². The van der Waals surface area contributed by atoms with Gasteiger partial charge in [0.15, 0.2) is 11.6 Å². The molecule has 3 rings (SSSR count). The van der Waals surface area contributed by atoms with E-state index in [0.29, 0.717) is 5.56 Å². The van der Waals surface area contributed by atoms with Gasteiger partial charge < -0.3 is 4.74 Å². The third kappa shape index (κ3) is 5.83. The van der Waals surface area contributed by atoms with Crippen LogP contribution in [0.4, 0.5) is 8.78 Å². The molecule has 29 heavy (non-hydrogen) atoms. The number of allylic oxidation sites excluding steroid dienone is 2. The van der Waals surface area contributed by atoms with E-state index in [4.69, 9.17) is 4.74 Å². The van der Waals surface area contributed by atoms with Gasteiger partial charge in [0.05, 0.1) is 7.11 Å². The lowest BCUT2D eigenvalue weighted by molar-refractivity contribution is 0.156. The standard InChI is InChI=1S/C26H38F2O/c1-3-4-5-6-7-8-19-9-11-20(12-10-19)21-13-15-22(16-14-21)23-17-18-24(29-2)26(28)25(23)27/h5-6,17-22H,3-4,7-16H2,1-2H3. The molecule has 0 spiro atoms. The minimum absolute atomic E-state index is 0.00227. The molecule has 0 aromatic heterocycles. The van der Waals surface area contributed by atoms with Crippen LogP contribution in [0, 0.1) is 29.4 Å². The summed E-state index contributed by atoms with van der Waals surface area (Å²) < 4.78 is 33.4. The summed E-state index contributed by atoms with van der Waals surface area (Å²) >= 11 is 0. The second-order valence-electron chi connectivity index (χ2n) is 9.21. The number of unbranched alkanes of at least 4 members (excludes halogenated alkanes) is 1. The second-order valence-corrected chi connectivity index (χ2v) is 9.21. The highest BCUT2D eigenvalue weighted by atomic mass is 19.2. The van der Waals surface area contributed by atoms with Crippen molar-refractivity contribution in [2.24, 2.45) is 17.8 Å². The molecule has 0 N–H and O–H groups in total. The van der Waals surface area contributed by atoms with Gasteiger partial charge in [-0.15, -0.1) is 0 Å².